The number of hydrogen-bond donors (Lipinski definition) is 10. The third-order valence-electron chi connectivity index (χ3n) is 15.5. The summed E-state index contributed by atoms with van der Waals surface area (Å²) in [5.41, 5.74) is 16.5. The summed E-state index contributed by atoms with van der Waals surface area (Å²) >= 11 is 0. The van der Waals surface area contributed by atoms with Crippen LogP contribution in [0.15, 0.2) is 111 Å². The molecule has 1 fully saturated rings. The van der Waals surface area contributed by atoms with Gasteiger partial charge < -0.3 is 76.3 Å². The maximum atomic E-state index is 13.3. The van der Waals surface area contributed by atoms with Crippen molar-refractivity contribution >= 4 is 83.1 Å². The number of nitrogens with zero attached hydrogens (tertiary/aromatic N) is 10. The molecule has 0 spiro atoms. The van der Waals surface area contributed by atoms with Crippen LogP contribution >= 0.6 is 0 Å². The number of Topliss-reactive ketones (excluding diaryl/α,β-unsaturated/α-hetero) is 1. The first-order chi connectivity index (χ1) is 45.1. The lowest BCUT2D eigenvalue weighted by atomic mass is 9.89. The van der Waals surface area contributed by atoms with Crippen LogP contribution in [0.5, 0.6) is 0 Å². The smallest absolute Gasteiger partial charge is 0.292 e. The number of aliphatic hydroxyl groups excluding tert-OH is 4. The number of piperazine rings is 1. The summed E-state index contributed by atoms with van der Waals surface area (Å²) in [5, 5.41) is 58.1. The number of carbonyl (C=O) groups is 5. The van der Waals surface area contributed by atoms with Gasteiger partial charge in [-0.25, -0.2) is 19.9 Å². The lowest BCUT2D eigenvalue weighted by Crippen LogP contribution is -2.55. The van der Waals surface area contributed by atoms with Crippen molar-refractivity contribution < 1.29 is 58.3 Å². The number of carbonyl (C=O) groups excluding carboxylic acids is 5. The largest absolute Gasteiger partial charge is 0.424 e. The zero-order valence-corrected chi connectivity index (χ0v) is 52.8. The van der Waals surface area contributed by atoms with Crippen molar-refractivity contribution in [3.63, 3.8) is 0 Å². The summed E-state index contributed by atoms with van der Waals surface area (Å²) in [6.45, 7) is 11.7. The van der Waals surface area contributed by atoms with Gasteiger partial charge in [-0.15, -0.1) is 0 Å². The predicted octanol–water partition coefficient (Wildman–Crippen LogP) is 3.89. The normalized spacial score (nSPS) is 16.7. The highest BCUT2D eigenvalue weighted by Gasteiger charge is 2.28. The van der Waals surface area contributed by atoms with Gasteiger partial charge in [0.05, 0.1) is 61.4 Å². The molecule has 4 aromatic rings. The Morgan fingerprint density at radius 3 is 2.48 bits per heavy atom. The third-order valence-corrected chi connectivity index (χ3v) is 15.5. The quantitative estimate of drug-likeness (QED) is 0.0130. The van der Waals surface area contributed by atoms with Crippen molar-refractivity contribution in [3.8, 4) is 0 Å². The first-order valence-electron chi connectivity index (χ1n) is 31.4. The molecule has 0 aliphatic carbocycles. The van der Waals surface area contributed by atoms with E-state index in [1.807, 2.05) is 22.0 Å². The molecule has 0 saturated carbocycles. The minimum absolute atomic E-state index is 0.00964. The zero-order valence-electron chi connectivity index (χ0n) is 52.8. The van der Waals surface area contributed by atoms with Crippen molar-refractivity contribution in [3.05, 3.63) is 114 Å². The van der Waals surface area contributed by atoms with E-state index in [2.05, 4.69) is 64.2 Å². The Bertz CT molecular complexity index is 3260. The third kappa shape index (κ3) is 25.0. The Morgan fingerprint density at radius 1 is 0.925 bits per heavy atom. The number of ketones is 1. The Hall–Kier alpha value is -8.77. The first-order valence-corrected chi connectivity index (χ1v) is 31.4. The first kappa shape index (κ1) is 73.3. The van der Waals surface area contributed by atoms with Crippen molar-refractivity contribution in [1.29, 1.82) is 5.41 Å². The van der Waals surface area contributed by atoms with Gasteiger partial charge in [-0.05, 0) is 100 Å². The Balaban J connectivity index is 0.811. The standard InChI is InChI=1S/C65H90N16O12/c1-45-18-21-79(22-19-47(31-45)36-73-62-59(61(67)76-43-77-62)60(66)49-14-16-56-54(32-49)78-64(68)93-56)58(89)11-7-27-91-28-8-29-92-30-20-71-63(90)51-38-74-65(75-39-51)80-23-24-81(52(40-80)42-85)44-70-35-48(34-69-2)37-72-57(88)17-13-46(9-6-26-83)12-15-53(86)33-55(87)50(41-84)10-4-3-5-25-82/h4,10,14,16,19,22,25,31-32,34-35,38-39,43,46,50,52-53,66,83-86H,1-3,5-9,11-13,15,17-18,20-21,23-24,26-30,33,36-37,40-42,44H2,(H2,68,78)(H,71,90)(H,72,88)(H3,67,73,76,77)/b10-4+,22-19-,47-31+,48-34+,66-60?,70-35-/t46-,50?,52?,53?/m1/s1. The van der Waals surface area contributed by atoms with E-state index < -0.39 is 18.6 Å². The average molecular weight is 1290 g/mol. The number of aldehydes is 1. The number of aromatic nitrogens is 5. The van der Waals surface area contributed by atoms with Gasteiger partial charge in [0.2, 0.25) is 17.8 Å². The summed E-state index contributed by atoms with van der Waals surface area (Å²) in [6, 6.07) is 4.81. The van der Waals surface area contributed by atoms with Crippen molar-refractivity contribution in [1.82, 2.24) is 45.4 Å². The number of rotatable bonds is 42. The van der Waals surface area contributed by atoms with E-state index in [9.17, 15) is 44.4 Å². The number of anilines is 4. The SMILES string of the molecule is C=N/C=C(\C=N/CN1CCN(c2ncc(C(=O)NCCOCCCOCCCC(=O)N3/C=C\C(CNc4ncnc(N)c4C(=N)c4ccc5oc(N)nc5c4)=C/C(=C)CC3)cn2)CC1CO)CNC(=O)CC[C@H](CCCO)CCC(O)CC(=O)C(/C=C/CCC=O)CO. The van der Waals surface area contributed by atoms with E-state index >= 15 is 0 Å². The zero-order chi connectivity index (χ0) is 66.7. The molecule has 2 aliphatic rings. The van der Waals surface area contributed by atoms with Crippen LogP contribution in [0.2, 0.25) is 0 Å². The molecule has 93 heavy (non-hydrogen) atoms. The molecule has 3 unspecified atom stereocenters. The number of unbranched alkanes of at least 4 members (excludes halogenated alkanes) is 1. The minimum Gasteiger partial charge on any atom is -0.424 e. The molecule has 2 aliphatic heterocycles. The summed E-state index contributed by atoms with van der Waals surface area (Å²) in [7, 11) is 0. The second-order valence-electron chi connectivity index (χ2n) is 22.5. The molecule has 5 heterocycles. The minimum atomic E-state index is -0.922. The van der Waals surface area contributed by atoms with Gasteiger partial charge >= 0.3 is 0 Å². The van der Waals surface area contributed by atoms with Crippen molar-refractivity contribution in [2.24, 2.45) is 21.8 Å². The highest BCUT2D eigenvalue weighted by molar-refractivity contribution is 6.17. The Labute approximate surface area is 541 Å². The molecular weight excluding hydrogens is 1200 g/mol. The summed E-state index contributed by atoms with van der Waals surface area (Å²) in [5.74, 6) is -0.706. The average Bonchev–Trinajstić information content (AvgIpc) is 1.84. The van der Waals surface area contributed by atoms with Crippen LogP contribution in [0.4, 0.5) is 23.6 Å². The maximum Gasteiger partial charge on any atom is 0.292 e. The van der Waals surface area contributed by atoms with E-state index in [1.54, 1.807) is 47.7 Å². The fraction of sp³-hybridized carbons (Fsp3) is 0.492. The summed E-state index contributed by atoms with van der Waals surface area (Å²) < 4.78 is 16.8. The topological polar surface area (TPSA) is 409 Å². The van der Waals surface area contributed by atoms with Gasteiger partial charge in [0.15, 0.2) is 5.58 Å². The van der Waals surface area contributed by atoms with E-state index in [0.717, 1.165) is 17.4 Å². The highest BCUT2D eigenvalue weighted by atomic mass is 16.5. The number of aliphatic imine (C=N–C) groups is 2. The molecule has 6 rings (SSSR count). The molecule has 1 saturated heterocycles. The molecule has 12 N–H and O–H groups in total. The molecule has 502 valence electrons. The number of benzene rings is 1. The number of oxazole rings is 1. The number of amides is 3. The molecular formula is C65H90N16O12. The predicted molar refractivity (Wildman–Crippen MR) is 355 cm³/mol. The van der Waals surface area contributed by atoms with Gasteiger partial charge in [0.25, 0.3) is 11.9 Å². The van der Waals surface area contributed by atoms with Crippen LogP contribution in [-0.4, -0.2) is 214 Å². The number of hydrogen-bond acceptors (Lipinski definition) is 25. The van der Waals surface area contributed by atoms with Gasteiger partial charge in [0.1, 0.15) is 35.5 Å². The highest BCUT2D eigenvalue weighted by Crippen LogP contribution is 2.27. The van der Waals surface area contributed by atoms with Crippen LogP contribution in [0.3, 0.4) is 0 Å². The lowest BCUT2D eigenvalue weighted by Gasteiger charge is -2.39. The summed E-state index contributed by atoms with van der Waals surface area (Å²) in [4.78, 5) is 98.0. The van der Waals surface area contributed by atoms with Gasteiger partial charge in [-0.2, -0.15) is 4.98 Å². The van der Waals surface area contributed by atoms with Gasteiger partial charge in [0, 0.05) is 140 Å². The molecule has 3 aromatic heterocycles. The van der Waals surface area contributed by atoms with Gasteiger partial charge in [-0.1, -0.05) is 30.4 Å². The van der Waals surface area contributed by atoms with Crippen molar-refractivity contribution in [2.45, 2.75) is 95.6 Å². The second kappa shape index (κ2) is 40.3. The van der Waals surface area contributed by atoms with E-state index in [0.29, 0.717) is 163 Å². The number of fused-ring (bicyclic) bond motifs is 1. The Kier molecular flexibility index (Phi) is 31.7. The number of nitrogens with one attached hydrogen (secondary N) is 4. The molecule has 28 nitrogen and oxygen atoms in total. The van der Waals surface area contributed by atoms with E-state index in [-0.39, 0.29) is 111 Å². The van der Waals surface area contributed by atoms with Crippen LogP contribution < -0.4 is 32.3 Å². The molecule has 0 radical (unpaired) electrons. The van der Waals surface area contributed by atoms with Crippen molar-refractivity contribution in [2.75, 3.05) is 120 Å². The molecule has 4 atom stereocenters. The number of ether oxygens (including phenoxy) is 2. The maximum absolute atomic E-state index is 13.3. The lowest BCUT2D eigenvalue weighted by molar-refractivity contribution is -0.129. The molecule has 1 aromatic carbocycles. The fourth-order valence-corrected chi connectivity index (χ4v) is 10.3. The van der Waals surface area contributed by atoms with Crippen LogP contribution in [0, 0.1) is 17.2 Å². The van der Waals surface area contributed by atoms with E-state index in [1.165, 1.54) is 24.9 Å². The Morgan fingerprint density at radius 2 is 1.72 bits per heavy atom. The van der Waals surface area contributed by atoms with Gasteiger partial charge in [-0.3, -0.25) is 39.5 Å². The summed E-state index contributed by atoms with van der Waals surface area (Å²) in [6.07, 6.45) is 21.5. The monoisotopic (exact) mass is 1290 g/mol. The number of nitrogen functional groups attached to an aromatic ring is 2. The molecule has 3 amide bonds. The van der Waals surface area contributed by atoms with Crippen LogP contribution in [0.25, 0.3) is 11.1 Å². The van der Waals surface area contributed by atoms with Crippen LogP contribution in [-0.2, 0) is 28.7 Å². The molecule has 0 bridgehead atoms. The number of aliphatic hydroxyl groups is 4. The molecule has 28 heteroatoms. The fourth-order valence-electron chi connectivity index (χ4n) is 10.3. The van der Waals surface area contributed by atoms with Crippen LogP contribution in [0.1, 0.15) is 105 Å². The van der Waals surface area contributed by atoms with E-state index in [4.69, 9.17) is 30.8 Å². The number of nitrogens with two attached hydrogens (primary N) is 2. The number of allylic oxidation sites excluding steroid dienone is 2. The second-order valence-corrected chi connectivity index (χ2v) is 22.5.